The summed E-state index contributed by atoms with van der Waals surface area (Å²) in [5.74, 6) is 0.250. The molecule has 0 unspecified atom stereocenters. The van der Waals surface area contributed by atoms with Gasteiger partial charge in [0.25, 0.3) is 0 Å². The second-order valence-corrected chi connectivity index (χ2v) is 3.18. The maximum atomic E-state index is 9.53. The highest BCUT2D eigenvalue weighted by atomic mass is 16.3. The van der Waals surface area contributed by atoms with Crippen molar-refractivity contribution in [3.63, 3.8) is 0 Å². The summed E-state index contributed by atoms with van der Waals surface area (Å²) in [4.78, 5) is 1.92. The minimum Gasteiger partial charge on any atom is -0.508 e. The largest absolute Gasteiger partial charge is 0.508 e. The number of aromatic hydroxyl groups is 1. The second kappa shape index (κ2) is 4.14. The third kappa shape index (κ3) is 2.36. The maximum Gasteiger partial charge on any atom is 0.120 e. The van der Waals surface area contributed by atoms with Crippen molar-refractivity contribution in [2.24, 2.45) is 0 Å². The molecule has 0 atom stereocenters. The lowest BCUT2D eigenvalue weighted by molar-refractivity contribution is 0.297. The average molecular weight is 181 g/mol. The van der Waals surface area contributed by atoms with Crippen LogP contribution in [0.3, 0.4) is 0 Å². The predicted octanol–water partition coefficient (Wildman–Crippen LogP) is 0.993. The third-order valence-electron chi connectivity index (χ3n) is 1.97. The lowest BCUT2D eigenvalue weighted by Gasteiger charge is -2.13. The molecule has 13 heavy (non-hydrogen) atoms. The second-order valence-electron chi connectivity index (χ2n) is 3.18. The highest BCUT2D eigenvalue weighted by molar-refractivity contribution is 5.52. The van der Waals surface area contributed by atoms with Gasteiger partial charge < -0.3 is 15.1 Å². The number of hydrogen-bond donors (Lipinski definition) is 2. The molecule has 0 heterocycles. The number of hydrogen-bond acceptors (Lipinski definition) is 3. The Morgan fingerprint density at radius 1 is 1.31 bits per heavy atom. The molecule has 0 spiro atoms. The summed E-state index contributed by atoms with van der Waals surface area (Å²) in [5, 5.41) is 18.2. The number of phenolic OH excluding ortho intramolecular Hbond substituents is 1. The number of benzene rings is 1. The van der Waals surface area contributed by atoms with Crippen molar-refractivity contribution in [1.29, 1.82) is 0 Å². The van der Waals surface area contributed by atoms with Crippen molar-refractivity contribution in [2.45, 2.75) is 6.42 Å². The summed E-state index contributed by atoms with van der Waals surface area (Å²) in [6.07, 6.45) is 0.500. The first-order chi connectivity index (χ1) is 6.15. The van der Waals surface area contributed by atoms with Crippen LogP contribution in [0, 0.1) is 0 Å². The smallest absolute Gasteiger partial charge is 0.120 e. The summed E-state index contributed by atoms with van der Waals surface area (Å²) in [6.45, 7) is 0.0644. The van der Waals surface area contributed by atoms with E-state index < -0.39 is 0 Å². The predicted molar refractivity (Wildman–Crippen MR) is 53.2 cm³/mol. The van der Waals surface area contributed by atoms with Crippen molar-refractivity contribution < 1.29 is 10.2 Å². The Morgan fingerprint density at radius 2 is 2.00 bits per heavy atom. The van der Waals surface area contributed by atoms with Gasteiger partial charge in [0.1, 0.15) is 5.75 Å². The van der Waals surface area contributed by atoms with Crippen LogP contribution in [0.5, 0.6) is 5.75 Å². The highest BCUT2D eigenvalue weighted by Crippen LogP contribution is 2.23. The molecule has 1 aromatic carbocycles. The first kappa shape index (κ1) is 9.86. The Labute approximate surface area is 78.2 Å². The van der Waals surface area contributed by atoms with Gasteiger partial charge in [0, 0.05) is 32.5 Å². The van der Waals surface area contributed by atoms with Gasteiger partial charge in [-0.3, -0.25) is 0 Å². The Hall–Kier alpha value is -1.22. The van der Waals surface area contributed by atoms with Crippen LogP contribution in [0.25, 0.3) is 0 Å². The molecule has 1 aromatic rings. The Morgan fingerprint density at radius 3 is 2.46 bits per heavy atom. The molecule has 0 aliphatic heterocycles. The van der Waals surface area contributed by atoms with Crippen LogP contribution in [-0.2, 0) is 6.42 Å². The standard InChI is InChI=1S/C10H15NO2/c1-11(2)9-4-3-8(5-6-12)10(13)7-9/h3-4,7,12-13H,5-6H2,1-2H3. The van der Waals surface area contributed by atoms with E-state index in [2.05, 4.69) is 0 Å². The maximum absolute atomic E-state index is 9.53. The summed E-state index contributed by atoms with van der Waals surface area (Å²) in [7, 11) is 3.83. The van der Waals surface area contributed by atoms with E-state index >= 15 is 0 Å². The fourth-order valence-corrected chi connectivity index (χ4v) is 1.16. The fourth-order valence-electron chi connectivity index (χ4n) is 1.16. The first-order valence-electron chi connectivity index (χ1n) is 4.25. The Kier molecular flexibility index (Phi) is 3.14. The van der Waals surface area contributed by atoms with Crippen LogP contribution < -0.4 is 4.90 Å². The monoisotopic (exact) mass is 181 g/mol. The summed E-state index contributed by atoms with van der Waals surface area (Å²) in [6, 6.07) is 5.45. The van der Waals surface area contributed by atoms with Gasteiger partial charge >= 0.3 is 0 Å². The van der Waals surface area contributed by atoms with E-state index in [0.717, 1.165) is 11.3 Å². The molecule has 0 fully saturated rings. The molecule has 0 amide bonds. The van der Waals surface area contributed by atoms with E-state index in [1.807, 2.05) is 31.1 Å². The topological polar surface area (TPSA) is 43.7 Å². The van der Waals surface area contributed by atoms with E-state index in [4.69, 9.17) is 5.11 Å². The van der Waals surface area contributed by atoms with E-state index in [-0.39, 0.29) is 12.4 Å². The van der Waals surface area contributed by atoms with E-state index in [9.17, 15) is 5.11 Å². The Balaban J connectivity index is 2.92. The van der Waals surface area contributed by atoms with Gasteiger partial charge in [-0.15, -0.1) is 0 Å². The summed E-state index contributed by atoms with van der Waals surface area (Å²) in [5.41, 5.74) is 1.74. The van der Waals surface area contributed by atoms with Crippen LogP contribution in [-0.4, -0.2) is 30.9 Å². The van der Waals surface area contributed by atoms with Crippen molar-refractivity contribution in [3.05, 3.63) is 23.8 Å². The zero-order chi connectivity index (χ0) is 9.84. The molecule has 1 rings (SSSR count). The average Bonchev–Trinajstić information content (AvgIpc) is 2.08. The molecule has 0 bridgehead atoms. The van der Waals surface area contributed by atoms with Crippen LogP contribution in [0.2, 0.25) is 0 Å². The van der Waals surface area contributed by atoms with Gasteiger partial charge in [-0.1, -0.05) is 6.07 Å². The molecule has 0 saturated heterocycles. The zero-order valence-electron chi connectivity index (χ0n) is 7.99. The van der Waals surface area contributed by atoms with Crippen LogP contribution >= 0.6 is 0 Å². The molecular formula is C10H15NO2. The highest BCUT2D eigenvalue weighted by Gasteiger charge is 2.02. The first-order valence-corrected chi connectivity index (χ1v) is 4.25. The molecule has 3 nitrogen and oxygen atoms in total. The molecule has 3 heteroatoms. The van der Waals surface area contributed by atoms with Crippen molar-refractivity contribution in [2.75, 3.05) is 25.6 Å². The van der Waals surface area contributed by atoms with Gasteiger partial charge in [0.05, 0.1) is 0 Å². The van der Waals surface area contributed by atoms with Gasteiger partial charge in [-0.25, -0.2) is 0 Å². The Bertz CT molecular complexity index is 284. The molecule has 0 aliphatic rings. The molecule has 0 aliphatic carbocycles. The normalized spacial score (nSPS) is 10.1. The molecule has 2 N–H and O–H groups in total. The van der Waals surface area contributed by atoms with Crippen LogP contribution in [0.15, 0.2) is 18.2 Å². The fraction of sp³-hybridized carbons (Fsp3) is 0.400. The van der Waals surface area contributed by atoms with Crippen molar-refractivity contribution in [3.8, 4) is 5.75 Å². The number of rotatable bonds is 3. The van der Waals surface area contributed by atoms with Gasteiger partial charge in [-0.2, -0.15) is 0 Å². The van der Waals surface area contributed by atoms with Gasteiger partial charge in [-0.05, 0) is 18.1 Å². The summed E-state index contributed by atoms with van der Waals surface area (Å²) < 4.78 is 0. The quantitative estimate of drug-likeness (QED) is 0.731. The number of nitrogens with zero attached hydrogens (tertiary/aromatic N) is 1. The van der Waals surface area contributed by atoms with E-state index in [0.29, 0.717) is 6.42 Å². The third-order valence-corrected chi connectivity index (χ3v) is 1.97. The lowest BCUT2D eigenvalue weighted by atomic mass is 10.1. The van der Waals surface area contributed by atoms with E-state index in [1.165, 1.54) is 0 Å². The number of anilines is 1. The SMILES string of the molecule is CN(C)c1ccc(CCO)c(O)c1. The molecular weight excluding hydrogens is 166 g/mol. The van der Waals surface area contributed by atoms with Crippen LogP contribution in [0.1, 0.15) is 5.56 Å². The molecule has 0 radical (unpaired) electrons. The minimum absolute atomic E-state index is 0.0644. The lowest BCUT2D eigenvalue weighted by Crippen LogP contribution is -2.08. The number of aliphatic hydroxyl groups excluding tert-OH is 1. The minimum atomic E-state index is 0.0644. The van der Waals surface area contributed by atoms with Gasteiger partial charge in [0.15, 0.2) is 0 Å². The van der Waals surface area contributed by atoms with E-state index in [1.54, 1.807) is 6.07 Å². The van der Waals surface area contributed by atoms with Crippen molar-refractivity contribution >= 4 is 5.69 Å². The molecule has 72 valence electrons. The number of phenols is 1. The molecule has 0 aromatic heterocycles. The summed E-state index contributed by atoms with van der Waals surface area (Å²) >= 11 is 0. The number of aliphatic hydroxyl groups is 1. The van der Waals surface area contributed by atoms with Crippen molar-refractivity contribution in [1.82, 2.24) is 0 Å². The molecule has 0 saturated carbocycles. The van der Waals surface area contributed by atoms with Gasteiger partial charge in [0.2, 0.25) is 0 Å². The van der Waals surface area contributed by atoms with Crippen LogP contribution in [0.4, 0.5) is 5.69 Å². The zero-order valence-corrected chi connectivity index (χ0v) is 7.99.